The lowest BCUT2D eigenvalue weighted by molar-refractivity contribution is 0.0698. The molecule has 2 aromatic rings. The molecule has 0 saturated heterocycles. The van der Waals surface area contributed by atoms with Crippen molar-refractivity contribution in [2.45, 2.75) is 32.1 Å². The maximum Gasteiger partial charge on any atom is 0.337 e. The van der Waals surface area contributed by atoms with Gasteiger partial charge in [-0.25, -0.2) is 13.2 Å². The quantitative estimate of drug-likeness (QED) is 0.879. The third-order valence-corrected chi connectivity index (χ3v) is 4.95. The summed E-state index contributed by atoms with van der Waals surface area (Å²) >= 11 is 0. The molecular weight excluding hydrogens is 314 g/mol. The number of carboxylic acid groups (broad SMARTS) is 1. The van der Waals surface area contributed by atoms with Gasteiger partial charge in [0.1, 0.15) is 0 Å². The molecule has 0 aliphatic rings. The normalized spacial score (nSPS) is 11.3. The highest BCUT2D eigenvalue weighted by Gasteiger charge is 2.20. The Hall–Kier alpha value is -2.34. The molecule has 5 nitrogen and oxygen atoms in total. The van der Waals surface area contributed by atoms with Crippen LogP contribution in [0.3, 0.4) is 0 Å². The van der Waals surface area contributed by atoms with E-state index in [1.165, 1.54) is 18.2 Å². The fraction of sp³-hybridized carbons (Fsp3) is 0.235. The van der Waals surface area contributed by atoms with Crippen molar-refractivity contribution in [3.05, 3.63) is 58.7 Å². The predicted octanol–water partition coefficient (Wildman–Crippen LogP) is 3.36. The van der Waals surface area contributed by atoms with Crippen LogP contribution in [0.1, 0.15) is 34.0 Å². The molecule has 0 spiro atoms. The highest BCUT2D eigenvalue weighted by Crippen LogP contribution is 2.26. The number of carboxylic acids is 1. The molecule has 2 N–H and O–H groups in total. The molecule has 0 amide bonds. The number of aryl methyl sites for hydroxylation is 3. The Morgan fingerprint density at radius 3 is 2.26 bits per heavy atom. The van der Waals surface area contributed by atoms with Crippen LogP contribution in [0.25, 0.3) is 0 Å². The lowest BCUT2D eigenvalue weighted by Crippen LogP contribution is -2.17. The van der Waals surface area contributed by atoms with E-state index in [0.29, 0.717) is 5.56 Å². The third-order valence-electron chi connectivity index (χ3n) is 3.59. The number of rotatable bonds is 5. The van der Waals surface area contributed by atoms with Gasteiger partial charge in [0.25, 0.3) is 10.0 Å². The first-order valence-electron chi connectivity index (χ1n) is 7.21. The topological polar surface area (TPSA) is 83.5 Å². The number of hydrogen-bond donors (Lipinski definition) is 2. The van der Waals surface area contributed by atoms with Crippen molar-refractivity contribution in [2.75, 3.05) is 4.72 Å². The molecule has 0 unspecified atom stereocenters. The standard InChI is InChI=1S/C17H19NO4S/c1-4-13-5-7-14(8-6-13)23(21,22)18-16-12(3)9-11(2)10-15(16)17(19)20/h5-10,18H,4H2,1-3H3,(H,19,20). The third kappa shape index (κ3) is 3.71. The van der Waals surface area contributed by atoms with Crippen LogP contribution < -0.4 is 4.72 Å². The van der Waals surface area contributed by atoms with Crippen molar-refractivity contribution in [3.63, 3.8) is 0 Å². The molecule has 0 saturated carbocycles. The summed E-state index contributed by atoms with van der Waals surface area (Å²) in [5, 5.41) is 9.32. The van der Waals surface area contributed by atoms with E-state index in [-0.39, 0.29) is 16.1 Å². The fourth-order valence-electron chi connectivity index (χ4n) is 2.37. The van der Waals surface area contributed by atoms with Crippen LogP contribution in [0.2, 0.25) is 0 Å². The Labute approximate surface area is 136 Å². The van der Waals surface area contributed by atoms with Crippen LogP contribution in [0.5, 0.6) is 0 Å². The minimum absolute atomic E-state index is 0.0590. The van der Waals surface area contributed by atoms with Gasteiger partial charge in [0.2, 0.25) is 0 Å². The van der Waals surface area contributed by atoms with Crippen LogP contribution in [-0.4, -0.2) is 19.5 Å². The largest absolute Gasteiger partial charge is 0.478 e. The van der Waals surface area contributed by atoms with Crippen molar-refractivity contribution >= 4 is 21.7 Å². The summed E-state index contributed by atoms with van der Waals surface area (Å²) in [6, 6.07) is 9.72. The second kappa shape index (κ2) is 6.42. The zero-order chi connectivity index (χ0) is 17.2. The van der Waals surface area contributed by atoms with Crippen LogP contribution in [0, 0.1) is 13.8 Å². The summed E-state index contributed by atoms with van der Waals surface area (Å²) in [5.41, 5.74) is 2.40. The van der Waals surface area contributed by atoms with Crippen molar-refractivity contribution in [1.29, 1.82) is 0 Å². The number of benzene rings is 2. The van der Waals surface area contributed by atoms with Gasteiger partial charge in [-0.1, -0.05) is 25.1 Å². The van der Waals surface area contributed by atoms with Gasteiger partial charge >= 0.3 is 5.97 Å². The van der Waals surface area contributed by atoms with Crippen molar-refractivity contribution in [2.24, 2.45) is 0 Å². The van der Waals surface area contributed by atoms with E-state index >= 15 is 0 Å². The molecule has 2 rings (SSSR count). The monoisotopic (exact) mass is 333 g/mol. The summed E-state index contributed by atoms with van der Waals surface area (Å²) in [5.74, 6) is -1.17. The molecule has 23 heavy (non-hydrogen) atoms. The van der Waals surface area contributed by atoms with E-state index in [1.807, 2.05) is 6.92 Å². The molecular formula is C17H19NO4S. The second-order valence-corrected chi connectivity index (χ2v) is 7.09. The van der Waals surface area contributed by atoms with E-state index in [2.05, 4.69) is 4.72 Å². The van der Waals surface area contributed by atoms with E-state index in [9.17, 15) is 18.3 Å². The lowest BCUT2D eigenvalue weighted by Gasteiger charge is -2.14. The Kier molecular flexibility index (Phi) is 4.75. The molecule has 0 radical (unpaired) electrons. The van der Waals surface area contributed by atoms with Gasteiger partial charge in [0, 0.05) is 0 Å². The van der Waals surface area contributed by atoms with Gasteiger partial charge in [-0.05, 0) is 55.2 Å². The summed E-state index contributed by atoms with van der Waals surface area (Å²) < 4.78 is 27.4. The average molecular weight is 333 g/mol. The first-order chi connectivity index (χ1) is 10.7. The predicted molar refractivity (Wildman–Crippen MR) is 89.5 cm³/mol. The van der Waals surface area contributed by atoms with Crippen molar-refractivity contribution in [3.8, 4) is 0 Å². The first kappa shape index (κ1) is 17.0. The summed E-state index contributed by atoms with van der Waals surface area (Å²) in [6.07, 6.45) is 0.813. The highest BCUT2D eigenvalue weighted by molar-refractivity contribution is 7.92. The Bertz CT molecular complexity index is 840. The van der Waals surface area contributed by atoms with Gasteiger partial charge < -0.3 is 5.11 Å². The van der Waals surface area contributed by atoms with Gasteiger partial charge in [0.05, 0.1) is 16.1 Å². The molecule has 6 heteroatoms. The number of anilines is 1. The van der Waals surface area contributed by atoms with E-state index in [4.69, 9.17) is 0 Å². The molecule has 0 aromatic heterocycles. The molecule has 0 heterocycles. The zero-order valence-electron chi connectivity index (χ0n) is 13.3. The van der Waals surface area contributed by atoms with Crippen LogP contribution in [0.4, 0.5) is 5.69 Å². The molecule has 0 bridgehead atoms. The molecule has 122 valence electrons. The van der Waals surface area contributed by atoms with Crippen molar-refractivity contribution < 1.29 is 18.3 Å². The molecule has 0 atom stereocenters. The molecule has 0 aliphatic heterocycles. The molecule has 0 fully saturated rings. The Morgan fingerprint density at radius 1 is 1.13 bits per heavy atom. The summed E-state index contributed by atoms with van der Waals surface area (Å²) in [4.78, 5) is 11.5. The molecule has 2 aromatic carbocycles. The highest BCUT2D eigenvalue weighted by atomic mass is 32.2. The number of nitrogens with one attached hydrogen (secondary N) is 1. The number of aromatic carboxylic acids is 1. The van der Waals surface area contributed by atoms with E-state index < -0.39 is 16.0 Å². The second-order valence-electron chi connectivity index (χ2n) is 5.41. The minimum Gasteiger partial charge on any atom is -0.478 e. The number of sulfonamides is 1. The Morgan fingerprint density at radius 2 is 1.74 bits per heavy atom. The summed E-state index contributed by atoms with van der Waals surface area (Å²) in [6.45, 7) is 5.43. The van der Waals surface area contributed by atoms with Crippen LogP contribution in [-0.2, 0) is 16.4 Å². The number of hydrogen-bond acceptors (Lipinski definition) is 3. The minimum atomic E-state index is -3.84. The van der Waals surface area contributed by atoms with Gasteiger partial charge in [-0.3, -0.25) is 4.72 Å². The van der Waals surface area contributed by atoms with Gasteiger partial charge in [-0.2, -0.15) is 0 Å². The summed E-state index contributed by atoms with van der Waals surface area (Å²) in [7, 11) is -3.84. The lowest BCUT2D eigenvalue weighted by atomic mass is 10.0. The Balaban J connectivity index is 2.46. The van der Waals surface area contributed by atoms with Gasteiger partial charge in [-0.15, -0.1) is 0 Å². The van der Waals surface area contributed by atoms with Crippen LogP contribution >= 0.6 is 0 Å². The average Bonchev–Trinajstić information content (AvgIpc) is 2.49. The zero-order valence-corrected chi connectivity index (χ0v) is 14.1. The SMILES string of the molecule is CCc1ccc(S(=O)(=O)Nc2c(C)cc(C)cc2C(=O)O)cc1. The van der Waals surface area contributed by atoms with E-state index in [0.717, 1.165) is 17.5 Å². The number of carbonyl (C=O) groups is 1. The van der Waals surface area contributed by atoms with Crippen molar-refractivity contribution in [1.82, 2.24) is 0 Å². The fourth-order valence-corrected chi connectivity index (χ4v) is 3.52. The van der Waals surface area contributed by atoms with Gasteiger partial charge in [0.15, 0.2) is 0 Å². The first-order valence-corrected chi connectivity index (χ1v) is 8.69. The maximum absolute atomic E-state index is 12.5. The maximum atomic E-state index is 12.5. The smallest absolute Gasteiger partial charge is 0.337 e. The molecule has 0 aliphatic carbocycles. The van der Waals surface area contributed by atoms with Crippen LogP contribution in [0.15, 0.2) is 41.3 Å². The van der Waals surface area contributed by atoms with E-state index in [1.54, 1.807) is 32.0 Å².